The van der Waals surface area contributed by atoms with E-state index in [9.17, 15) is 4.79 Å². The number of hydrogen-bond acceptors (Lipinski definition) is 4. The molecule has 3 aromatic rings. The van der Waals surface area contributed by atoms with Crippen molar-refractivity contribution in [1.82, 2.24) is 25.2 Å². The summed E-state index contributed by atoms with van der Waals surface area (Å²) < 4.78 is 0. The maximum Gasteiger partial charge on any atom is 0.237 e. The predicted octanol–water partition coefficient (Wildman–Crippen LogP) is 2.63. The van der Waals surface area contributed by atoms with Gasteiger partial charge in [-0.1, -0.05) is 18.6 Å². The molecule has 0 bridgehead atoms. The van der Waals surface area contributed by atoms with Crippen molar-refractivity contribution in [2.24, 2.45) is 0 Å². The van der Waals surface area contributed by atoms with E-state index >= 15 is 0 Å². The van der Waals surface area contributed by atoms with Crippen molar-refractivity contribution in [3.8, 4) is 0 Å². The normalized spacial score (nSPS) is 18.1. The topological polar surface area (TPSA) is 73.9 Å². The summed E-state index contributed by atoms with van der Waals surface area (Å²) >= 11 is 0. The van der Waals surface area contributed by atoms with Crippen molar-refractivity contribution >= 4 is 16.9 Å². The standard InChI is InChI=1S/C20H23N5O/c26-20(22-13-19-23-16-5-1-2-6-17(16)24-19)18-7-3-4-12-25(18)14-15-8-10-21-11-9-15/h1-2,5-6,8-11,18H,3-4,7,12-14H2,(H,22,26)(H,23,24)/t18-/m1/s1. The van der Waals surface area contributed by atoms with Crippen LogP contribution in [0.1, 0.15) is 30.7 Å². The summed E-state index contributed by atoms with van der Waals surface area (Å²) in [6.45, 7) is 2.16. The van der Waals surface area contributed by atoms with E-state index in [1.165, 1.54) is 5.56 Å². The zero-order valence-corrected chi connectivity index (χ0v) is 14.7. The number of hydrogen-bond donors (Lipinski definition) is 2. The van der Waals surface area contributed by atoms with Gasteiger partial charge in [0.25, 0.3) is 0 Å². The average Bonchev–Trinajstić information content (AvgIpc) is 3.10. The minimum atomic E-state index is -0.0821. The molecule has 6 heteroatoms. The Labute approximate surface area is 152 Å². The van der Waals surface area contributed by atoms with Crippen LogP contribution in [0.2, 0.25) is 0 Å². The average molecular weight is 349 g/mol. The Balaban J connectivity index is 1.40. The van der Waals surface area contributed by atoms with Crippen LogP contribution in [-0.4, -0.2) is 38.3 Å². The summed E-state index contributed by atoms with van der Waals surface area (Å²) in [6, 6.07) is 11.8. The van der Waals surface area contributed by atoms with E-state index < -0.39 is 0 Å². The van der Waals surface area contributed by atoms with Crippen LogP contribution in [-0.2, 0) is 17.9 Å². The second-order valence-corrected chi connectivity index (χ2v) is 6.76. The van der Waals surface area contributed by atoms with E-state index in [2.05, 4.69) is 25.2 Å². The molecule has 1 aliphatic rings. The van der Waals surface area contributed by atoms with Gasteiger partial charge in [-0.05, 0) is 49.2 Å². The highest BCUT2D eigenvalue weighted by atomic mass is 16.2. The van der Waals surface area contributed by atoms with Gasteiger partial charge in [0.1, 0.15) is 5.82 Å². The number of amides is 1. The number of nitrogens with zero attached hydrogens (tertiary/aromatic N) is 3. The van der Waals surface area contributed by atoms with E-state index in [-0.39, 0.29) is 11.9 Å². The number of pyridine rings is 1. The van der Waals surface area contributed by atoms with Crippen LogP contribution >= 0.6 is 0 Å². The number of para-hydroxylation sites is 2. The van der Waals surface area contributed by atoms with Gasteiger partial charge in [-0.3, -0.25) is 14.7 Å². The van der Waals surface area contributed by atoms with Crippen LogP contribution in [0.15, 0.2) is 48.8 Å². The smallest absolute Gasteiger partial charge is 0.237 e. The van der Waals surface area contributed by atoms with Crippen molar-refractivity contribution in [1.29, 1.82) is 0 Å². The maximum atomic E-state index is 12.8. The molecular weight excluding hydrogens is 326 g/mol. The SMILES string of the molecule is O=C(NCc1nc2ccccc2[nH]1)[C@H]1CCCCN1Cc1ccncc1. The van der Waals surface area contributed by atoms with Crippen LogP contribution in [0.25, 0.3) is 11.0 Å². The Bertz CT molecular complexity index is 843. The van der Waals surface area contributed by atoms with Gasteiger partial charge in [-0.15, -0.1) is 0 Å². The zero-order chi connectivity index (χ0) is 17.8. The van der Waals surface area contributed by atoms with Crippen molar-refractivity contribution < 1.29 is 4.79 Å². The summed E-state index contributed by atoms with van der Waals surface area (Å²) in [5, 5.41) is 3.06. The molecule has 0 unspecified atom stereocenters. The van der Waals surface area contributed by atoms with Crippen molar-refractivity contribution in [3.63, 3.8) is 0 Å². The highest BCUT2D eigenvalue weighted by molar-refractivity contribution is 5.82. The summed E-state index contributed by atoms with van der Waals surface area (Å²) in [6.07, 6.45) is 6.73. The molecule has 6 nitrogen and oxygen atoms in total. The molecule has 1 aromatic carbocycles. The molecule has 0 saturated carbocycles. The molecule has 0 aliphatic carbocycles. The van der Waals surface area contributed by atoms with E-state index in [1.807, 2.05) is 36.4 Å². The van der Waals surface area contributed by atoms with Crippen molar-refractivity contribution in [3.05, 3.63) is 60.2 Å². The first-order valence-electron chi connectivity index (χ1n) is 9.14. The summed E-state index contributed by atoms with van der Waals surface area (Å²) in [7, 11) is 0. The molecule has 1 aliphatic heterocycles. The predicted molar refractivity (Wildman–Crippen MR) is 100 cm³/mol. The lowest BCUT2D eigenvalue weighted by molar-refractivity contribution is -0.128. The fraction of sp³-hybridized carbons (Fsp3) is 0.350. The Morgan fingerprint density at radius 1 is 1.19 bits per heavy atom. The molecule has 4 rings (SSSR count). The number of imidazole rings is 1. The van der Waals surface area contributed by atoms with Gasteiger partial charge < -0.3 is 10.3 Å². The van der Waals surface area contributed by atoms with Crippen LogP contribution in [0.4, 0.5) is 0 Å². The molecule has 2 N–H and O–H groups in total. The number of aromatic amines is 1. The first kappa shape index (κ1) is 16.7. The lowest BCUT2D eigenvalue weighted by Crippen LogP contribution is -2.48. The number of benzene rings is 1. The van der Waals surface area contributed by atoms with E-state index in [0.717, 1.165) is 49.2 Å². The van der Waals surface area contributed by atoms with E-state index in [0.29, 0.717) is 6.54 Å². The van der Waals surface area contributed by atoms with Gasteiger partial charge in [0, 0.05) is 18.9 Å². The molecular formula is C20H23N5O. The number of carbonyl (C=O) groups excluding carboxylic acids is 1. The molecule has 0 spiro atoms. The minimum Gasteiger partial charge on any atom is -0.348 e. The summed E-state index contributed by atoms with van der Waals surface area (Å²) in [5.74, 6) is 0.871. The van der Waals surface area contributed by atoms with Gasteiger partial charge >= 0.3 is 0 Å². The first-order chi connectivity index (χ1) is 12.8. The number of H-pyrrole nitrogens is 1. The van der Waals surface area contributed by atoms with Gasteiger partial charge in [-0.2, -0.15) is 0 Å². The van der Waals surface area contributed by atoms with Crippen molar-refractivity contribution in [2.45, 2.75) is 38.4 Å². The second kappa shape index (κ2) is 7.66. The molecule has 1 saturated heterocycles. The number of carbonyl (C=O) groups is 1. The lowest BCUT2D eigenvalue weighted by atomic mass is 10.0. The molecule has 0 radical (unpaired) electrons. The van der Waals surface area contributed by atoms with Crippen LogP contribution in [0, 0.1) is 0 Å². The molecule has 3 heterocycles. The van der Waals surface area contributed by atoms with Gasteiger partial charge in [-0.25, -0.2) is 4.98 Å². The Hall–Kier alpha value is -2.73. The quantitative estimate of drug-likeness (QED) is 0.743. The van der Waals surface area contributed by atoms with Crippen LogP contribution in [0.3, 0.4) is 0 Å². The monoisotopic (exact) mass is 349 g/mol. The maximum absolute atomic E-state index is 12.8. The molecule has 1 fully saturated rings. The van der Waals surface area contributed by atoms with Crippen molar-refractivity contribution in [2.75, 3.05) is 6.54 Å². The number of nitrogens with one attached hydrogen (secondary N) is 2. The molecule has 1 amide bonds. The highest BCUT2D eigenvalue weighted by Crippen LogP contribution is 2.20. The lowest BCUT2D eigenvalue weighted by Gasteiger charge is -2.34. The second-order valence-electron chi connectivity index (χ2n) is 6.76. The van der Waals surface area contributed by atoms with Gasteiger partial charge in [0.05, 0.1) is 23.6 Å². The Kier molecular flexibility index (Phi) is 4.93. The number of likely N-dealkylation sites (tertiary alicyclic amines) is 1. The number of piperidine rings is 1. The van der Waals surface area contributed by atoms with Crippen LogP contribution in [0.5, 0.6) is 0 Å². The molecule has 26 heavy (non-hydrogen) atoms. The van der Waals surface area contributed by atoms with Gasteiger partial charge in [0.15, 0.2) is 0 Å². The third kappa shape index (κ3) is 3.75. The summed E-state index contributed by atoms with van der Waals surface area (Å²) in [5.41, 5.74) is 3.11. The fourth-order valence-corrected chi connectivity index (χ4v) is 3.58. The highest BCUT2D eigenvalue weighted by Gasteiger charge is 2.28. The Morgan fingerprint density at radius 2 is 2.04 bits per heavy atom. The molecule has 2 aromatic heterocycles. The summed E-state index contributed by atoms with van der Waals surface area (Å²) in [4.78, 5) is 26.9. The zero-order valence-electron chi connectivity index (χ0n) is 14.7. The van der Waals surface area contributed by atoms with Crippen LogP contribution < -0.4 is 5.32 Å². The third-order valence-corrected chi connectivity index (χ3v) is 4.92. The Morgan fingerprint density at radius 3 is 2.88 bits per heavy atom. The third-order valence-electron chi connectivity index (χ3n) is 4.92. The number of rotatable bonds is 5. The fourth-order valence-electron chi connectivity index (χ4n) is 3.58. The van der Waals surface area contributed by atoms with E-state index in [1.54, 1.807) is 12.4 Å². The minimum absolute atomic E-state index is 0.0821. The molecule has 1 atom stereocenters. The largest absolute Gasteiger partial charge is 0.348 e. The number of fused-ring (bicyclic) bond motifs is 1. The molecule has 134 valence electrons. The van der Waals surface area contributed by atoms with E-state index in [4.69, 9.17) is 0 Å². The number of aromatic nitrogens is 3. The van der Waals surface area contributed by atoms with Gasteiger partial charge in [0.2, 0.25) is 5.91 Å². The first-order valence-corrected chi connectivity index (χ1v) is 9.14.